The first-order chi connectivity index (χ1) is 4.81. The van der Waals surface area contributed by atoms with E-state index >= 15 is 0 Å². The summed E-state index contributed by atoms with van der Waals surface area (Å²) >= 11 is 0. The van der Waals surface area contributed by atoms with E-state index < -0.39 is 0 Å². The summed E-state index contributed by atoms with van der Waals surface area (Å²) in [6, 6.07) is 0. The van der Waals surface area contributed by atoms with Gasteiger partial charge in [-0.2, -0.15) is 0 Å². The Bertz CT molecular complexity index is 147. The molecule has 0 saturated heterocycles. The van der Waals surface area contributed by atoms with Crippen molar-refractivity contribution >= 4 is 12.6 Å². The van der Waals surface area contributed by atoms with Crippen LogP contribution < -0.4 is 5.32 Å². The fourth-order valence-electron chi connectivity index (χ4n) is 0.432. The van der Waals surface area contributed by atoms with Crippen LogP contribution in [0.25, 0.3) is 0 Å². The van der Waals surface area contributed by atoms with Crippen molar-refractivity contribution in [3.05, 3.63) is 11.8 Å². The quantitative estimate of drug-likeness (QED) is 0.446. The summed E-state index contributed by atoms with van der Waals surface area (Å²) in [7, 11) is 0. The Labute approximate surface area is 61.4 Å². The van der Waals surface area contributed by atoms with E-state index in [1.807, 2.05) is 19.9 Å². The maximum absolute atomic E-state index is 6.69. The van der Waals surface area contributed by atoms with Crippen LogP contribution in [0, 0.1) is 5.41 Å². The zero-order valence-corrected chi connectivity index (χ0v) is 6.39. The fourth-order valence-corrected chi connectivity index (χ4v) is 0.432. The predicted molar refractivity (Wildman–Crippen MR) is 44.7 cm³/mol. The predicted octanol–water partition coefficient (Wildman–Crippen LogP) is 1.18. The molecule has 3 heteroatoms. The largest absolute Gasteiger partial charge is 0.351 e. The van der Waals surface area contributed by atoms with E-state index in [1.54, 1.807) is 6.21 Å². The average Bonchev–Trinajstić information content (AvgIpc) is 1.89. The second kappa shape index (κ2) is 6.01. The molecule has 2 N–H and O–H groups in total. The van der Waals surface area contributed by atoms with E-state index in [0.29, 0.717) is 0 Å². The molecule has 0 fully saturated rings. The molecule has 0 heterocycles. The lowest BCUT2D eigenvalue weighted by Gasteiger charge is -1.93. The first-order valence-corrected chi connectivity index (χ1v) is 3.23. The molecule has 0 aliphatic carbocycles. The third-order valence-electron chi connectivity index (χ3n) is 0.912. The molecular formula is C7H13N3. The molecular weight excluding hydrogens is 126 g/mol. The standard InChI is InChI=1S/C7H13N3/c1-3-9-5-4-7(2)10-6-8/h4-6H,3H2,1-2H3,(H2,8,10). The summed E-state index contributed by atoms with van der Waals surface area (Å²) in [6.45, 7) is 4.66. The maximum atomic E-state index is 6.69. The van der Waals surface area contributed by atoms with Gasteiger partial charge in [-0.05, 0) is 19.9 Å². The van der Waals surface area contributed by atoms with Crippen LogP contribution in [0.2, 0.25) is 0 Å². The topological polar surface area (TPSA) is 48.2 Å². The highest BCUT2D eigenvalue weighted by atomic mass is 14.9. The van der Waals surface area contributed by atoms with Crippen LogP contribution in [-0.4, -0.2) is 19.1 Å². The van der Waals surface area contributed by atoms with Crippen molar-refractivity contribution < 1.29 is 0 Å². The first kappa shape index (κ1) is 8.88. The van der Waals surface area contributed by atoms with E-state index in [4.69, 9.17) is 5.41 Å². The Balaban J connectivity index is 3.67. The summed E-state index contributed by atoms with van der Waals surface area (Å²) < 4.78 is 0. The van der Waals surface area contributed by atoms with Gasteiger partial charge in [0.2, 0.25) is 0 Å². The van der Waals surface area contributed by atoms with Crippen LogP contribution in [0.4, 0.5) is 0 Å². The monoisotopic (exact) mass is 139 g/mol. The molecule has 10 heavy (non-hydrogen) atoms. The number of hydrogen-bond donors (Lipinski definition) is 2. The van der Waals surface area contributed by atoms with Gasteiger partial charge in [-0.3, -0.25) is 10.4 Å². The van der Waals surface area contributed by atoms with Crippen molar-refractivity contribution in [2.45, 2.75) is 13.8 Å². The molecule has 0 aromatic rings. The van der Waals surface area contributed by atoms with E-state index in [0.717, 1.165) is 18.6 Å². The molecule has 0 atom stereocenters. The molecule has 0 aliphatic rings. The van der Waals surface area contributed by atoms with Gasteiger partial charge < -0.3 is 5.32 Å². The number of nitrogens with zero attached hydrogens (tertiary/aromatic N) is 1. The molecule has 0 rings (SSSR count). The highest BCUT2D eigenvalue weighted by Gasteiger charge is 1.77. The van der Waals surface area contributed by atoms with Crippen LogP contribution in [0.5, 0.6) is 0 Å². The molecule has 0 aromatic heterocycles. The van der Waals surface area contributed by atoms with E-state index in [2.05, 4.69) is 10.3 Å². The van der Waals surface area contributed by atoms with Gasteiger partial charge >= 0.3 is 0 Å². The van der Waals surface area contributed by atoms with Crippen molar-refractivity contribution in [3.63, 3.8) is 0 Å². The van der Waals surface area contributed by atoms with Gasteiger partial charge in [-0.1, -0.05) is 0 Å². The van der Waals surface area contributed by atoms with Gasteiger partial charge in [0.25, 0.3) is 0 Å². The van der Waals surface area contributed by atoms with E-state index in [9.17, 15) is 0 Å². The van der Waals surface area contributed by atoms with Crippen molar-refractivity contribution in [2.24, 2.45) is 4.99 Å². The SMILES string of the molecule is CCN=CC=C(C)NC=N. The van der Waals surface area contributed by atoms with Crippen molar-refractivity contribution in [1.82, 2.24) is 5.32 Å². The van der Waals surface area contributed by atoms with Gasteiger partial charge in [0.05, 0.1) is 6.34 Å². The van der Waals surface area contributed by atoms with Crippen LogP contribution in [0.3, 0.4) is 0 Å². The molecule has 0 saturated carbocycles. The van der Waals surface area contributed by atoms with Crippen LogP contribution >= 0.6 is 0 Å². The van der Waals surface area contributed by atoms with E-state index in [1.165, 1.54) is 0 Å². The van der Waals surface area contributed by atoms with Crippen LogP contribution in [0.15, 0.2) is 16.8 Å². The third kappa shape index (κ3) is 5.03. The summed E-state index contributed by atoms with van der Waals surface area (Å²) in [5.41, 5.74) is 0.923. The molecule has 0 radical (unpaired) electrons. The molecule has 0 bridgehead atoms. The Morgan fingerprint density at radius 2 is 2.40 bits per heavy atom. The Morgan fingerprint density at radius 3 is 2.90 bits per heavy atom. The molecule has 0 aliphatic heterocycles. The number of hydrogen-bond acceptors (Lipinski definition) is 2. The number of aliphatic imine (C=N–C) groups is 1. The molecule has 0 unspecified atom stereocenters. The fraction of sp³-hybridized carbons (Fsp3) is 0.429. The lowest BCUT2D eigenvalue weighted by molar-refractivity contribution is 1.12. The first-order valence-electron chi connectivity index (χ1n) is 3.23. The molecule has 0 spiro atoms. The van der Waals surface area contributed by atoms with Crippen LogP contribution in [-0.2, 0) is 0 Å². The zero-order valence-electron chi connectivity index (χ0n) is 6.39. The second-order valence-electron chi connectivity index (χ2n) is 1.79. The van der Waals surface area contributed by atoms with Crippen LogP contribution in [0.1, 0.15) is 13.8 Å². The summed E-state index contributed by atoms with van der Waals surface area (Å²) in [5, 5.41) is 9.41. The van der Waals surface area contributed by atoms with Crippen molar-refractivity contribution in [3.8, 4) is 0 Å². The molecule has 0 aromatic carbocycles. The Hall–Kier alpha value is -1.12. The highest BCUT2D eigenvalue weighted by molar-refractivity contribution is 5.72. The lowest BCUT2D eigenvalue weighted by Crippen LogP contribution is -2.06. The number of allylic oxidation sites excluding steroid dienone is 2. The third-order valence-corrected chi connectivity index (χ3v) is 0.912. The minimum Gasteiger partial charge on any atom is -0.351 e. The van der Waals surface area contributed by atoms with Gasteiger partial charge in [0, 0.05) is 18.5 Å². The molecule has 0 amide bonds. The highest BCUT2D eigenvalue weighted by Crippen LogP contribution is 1.80. The van der Waals surface area contributed by atoms with Gasteiger partial charge in [0.1, 0.15) is 0 Å². The zero-order chi connectivity index (χ0) is 7.82. The minimum absolute atomic E-state index is 0.800. The second-order valence-corrected chi connectivity index (χ2v) is 1.79. The van der Waals surface area contributed by atoms with Gasteiger partial charge in [-0.15, -0.1) is 0 Å². The minimum atomic E-state index is 0.800. The molecule has 3 nitrogen and oxygen atoms in total. The maximum Gasteiger partial charge on any atom is 0.0832 e. The summed E-state index contributed by atoms with van der Waals surface area (Å²) in [4.78, 5) is 3.98. The molecule has 56 valence electrons. The normalized spacial score (nSPS) is 12.0. The summed E-state index contributed by atoms with van der Waals surface area (Å²) in [5.74, 6) is 0. The number of nitrogens with one attached hydrogen (secondary N) is 2. The Morgan fingerprint density at radius 1 is 1.70 bits per heavy atom. The van der Waals surface area contributed by atoms with Gasteiger partial charge in [-0.25, -0.2) is 0 Å². The van der Waals surface area contributed by atoms with E-state index in [-0.39, 0.29) is 0 Å². The van der Waals surface area contributed by atoms with Crippen molar-refractivity contribution in [2.75, 3.05) is 6.54 Å². The van der Waals surface area contributed by atoms with Gasteiger partial charge in [0.15, 0.2) is 0 Å². The Kier molecular flexibility index (Phi) is 5.33. The number of rotatable bonds is 4. The smallest absolute Gasteiger partial charge is 0.0832 e. The summed E-state index contributed by atoms with van der Waals surface area (Å²) in [6.07, 6.45) is 4.70. The average molecular weight is 139 g/mol. The lowest BCUT2D eigenvalue weighted by atomic mass is 10.4. The van der Waals surface area contributed by atoms with Crippen molar-refractivity contribution in [1.29, 1.82) is 5.41 Å².